The molecule has 1 aromatic carbocycles. The first-order valence-electron chi connectivity index (χ1n) is 6.15. The lowest BCUT2D eigenvalue weighted by Gasteiger charge is -2.28. The van der Waals surface area contributed by atoms with Crippen molar-refractivity contribution in [3.63, 3.8) is 0 Å². The molecule has 1 amide bonds. The van der Waals surface area contributed by atoms with E-state index in [0.717, 1.165) is 19.5 Å². The molecule has 18 heavy (non-hydrogen) atoms. The van der Waals surface area contributed by atoms with Crippen LogP contribution in [-0.2, 0) is 24.3 Å². The van der Waals surface area contributed by atoms with Gasteiger partial charge in [0.15, 0.2) is 0 Å². The molecular formula is C14H15N3O. The van der Waals surface area contributed by atoms with E-state index in [0.29, 0.717) is 6.54 Å². The van der Waals surface area contributed by atoms with E-state index < -0.39 is 0 Å². The summed E-state index contributed by atoms with van der Waals surface area (Å²) in [4.78, 5) is 14.0. The smallest absolute Gasteiger partial charge is 0.244 e. The summed E-state index contributed by atoms with van der Waals surface area (Å²) in [6, 6.07) is 10.2. The Morgan fingerprint density at radius 3 is 2.83 bits per heavy atom. The Balaban J connectivity index is 1.70. The molecule has 0 N–H and O–H groups in total. The maximum Gasteiger partial charge on any atom is 0.244 e. The lowest BCUT2D eigenvalue weighted by molar-refractivity contribution is -0.132. The minimum atomic E-state index is 0.133. The van der Waals surface area contributed by atoms with E-state index in [1.807, 2.05) is 23.2 Å². The number of aromatic nitrogens is 2. The van der Waals surface area contributed by atoms with Crippen molar-refractivity contribution in [1.29, 1.82) is 0 Å². The van der Waals surface area contributed by atoms with Gasteiger partial charge >= 0.3 is 0 Å². The van der Waals surface area contributed by atoms with Crippen molar-refractivity contribution in [2.45, 2.75) is 19.5 Å². The monoisotopic (exact) mass is 241 g/mol. The fourth-order valence-corrected chi connectivity index (χ4v) is 2.34. The van der Waals surface area contributed by atoms with E-state index in [4.69, 9.17) is 0 Å². The molecule has 0 saturated heterocycles. The molecule has 0 aliphatic carbocycles. The summed E-state index contributed by atoms with van der Waals surface area (Å²) in [5, 5.41) is 4.06. The molecule has 4 heteroatoms. The SMILES string of the molecule is O=C(Cn1cccn1)N1CCc2ccccc2C1. The Labute approximate surface area is 106 Å². The number of benzene rings is 1. The van der Waals surface area contributed by atoms with Gasteiger partial charge < -0.3 is 4.90 Å². The molecule has 2 heterocycles. The van der Waals surface area contributed by atoms with Gasteiger partial charge in [-0.15, -0.1) is 0 Å². The molecule has 0 fully saturated rings. The normalized spacial score (nSPS) is 14.3. The molecule has 0 atom stereocenters. The van der Waals surface area contributed by atoms with Gasteiger partial charge in [-0.3, -0.25) is 9.48 Å². The number of carbonyl (C=O) groups is 1. The third-order valence-corrected chi connectivity index (χ3v) is 3.34. The van der Waals surface area contributed by atoms with Crippen LogP contribution in [0.15, 0.2) is 42.7 Å². The molecule has 1 aromatic heterocycles. The molecule has 0 unspecified atom stereocenters. The largest absolute Gasteiger partial charge is 0.336 e. The highest BCUT2D eigenvalue weighted by atomic mass is 16.2. The maximum atomic E-state index is 12.1. The number of fused-ring (bicyclic) bond motifs is 1. The number of amides is 1. The molecule has 92 valence electrons. The third-order valence-electron chi connectivity index (χ3n) is 3.34. The summed E-state index contributed by atoms with van der Waals surface area (Å²) in [6.07, 6.45) is 4.45. The van der Waals surface area contributed by atoms with Crippen LogP contribution in [0.1, 0.15) is 11.1 Å². The van der Waals surface area contributed by atoms with Crippen molar-refractivity contribution >= 4 is 5.91 Å². The van der Waals surface area contributed by atoms with Gasteiger partial charge in [-0.05, 0) is 23.6 Å². The van der Waals surface area contributed by atoms with Crippen molar-refractivity contribution in [3.05, 3.63) is 53.9 Å². The van der Waals surface area contributed by atoms with Crippen molar-refractivity contribution in [3.8, 4) is 0 Å². The Kier molecular flexibility index (Phi) is 2.84. The average Bonchev–Trinajstić information content (AvgIpc) is 2.91. The summed E-state index contributed by atoms with van der Waals surface area (Å²) in [5.41, 5.74) is 2.62. The van der Waals surface area contributed by atoms with E-state index in [9.17, 15) is 4.79 Å². The molecule has 1 aliphatic rings. The molecule has 0 saturated carbocycles. The second kappa shape index (κ2) is 4.64. The van der Waals surface area contributed by atoms with Gasteiger partial charge in [0.05, 0.1) is 0 Å². The predicted octanol–water partition coefficient (Wildman–Crippen LogP) is 1.47. The molecule has 0 bridgehead atoms. The van der Waals surface area contributed by atoms with Crippen LogP contribution in [0.4, 0.5) is 0 Å². The van der Waals surface area contributed by atoms with E-state index in [-0.39, 0.29) is 5.91 Å². The van der Waals surface area contributed by atoms with E-state index in [1.165, 1.54) is 11.1 Å². The topological polar surface area (TPSA) is 38.1 Å². The fourth-order valence-electron chi connectivity index (χ4n) is 2.34. The fraction of sp³-hybridized carbons (Fsp3) is 0.286. The van der Waals surface area contributed by atoms with Gasteiger partial charge in [-0.1, -0.05) is 24.3 Å². The average molecular weight is 241 g/mol. The summed E-state index contributed by atoms with van der Waals surface area (Å²) >= 11 is 0. The van der Waals surface area contributed by atoms with Gasteiger partial charge in [0.2, 0.25) is 5.91 Å². The van der Waals surface area contributed by atoms with E-state index in [2.05, 4.69) is 23.3 Å². The zero-order chi connectivity index (χ0) is 12.4. The van der Waals surface area contributed by atoms with Crippen LogP contribution in [0.3, 0.4) is 0 Å². The minimum absolute atomic E-state index is 0.133. The molecule has 4 nitrogen and oxygen atoms in total. The van der Waals surface area contributed by atoms with Crippen LogP contribution in [0.5, 0.6) is 0 Å². The maximum absolute atomic E-state index is 12.1. The predicted molar refractivity (Wildman–Crippen MR) is 67.8 cm³/mol. The van der Waals surface area contributed by atoms with Crippen molar-refractivity contribution in [2.24, 2.45) is 0 Å². The zero-order valence-corrected chi connectivity index (χ0v) is 10.1. The first kappa shape index (κ1) is 11.0. The van der Waals surface area contributed by atoms with Crippen LogP contribution in [0, 0.1) is 0 Å². The number of hydrogen-bond acceptors (Lipinski definition) is 2. The Morgan fingerprint density at radius 1 is 1.22 bits per heavy atom. The van der Waals surface area contributed by atoms with Crippen LogP contribution >= 0.6 is 0 Å². The van der Waals surface area contributed by atoms with E-state index >= 15 is 0 Å². The highest BCUT2D eigenvalue weighted by Gasteiger charge is 2.20. The van der Waals surface area contributed by atoms with Gasteiger partial charge in [-0.25, -0.2) is 0 Å². The quantitative estimate of drug-likeness (QED) is 0.798. The summed E-state index contributed by atoms with van der Waals surface area (Å²) in [5.74, 6) is 0.133. The minimum Gasteiger partial charge on any atom is -0.336 e. The molecule has 1 aliphatic heterocycles. The van der Waals surface area contributed by atoms with Gasteiger partial charge in [0, 0.05) is 25.5 Å². The van der Waals surface area contributed by atoms with E-state index in [1.54, 1.807) is 10.9 Å². The second-order valence-corrected chi connectivity index (χ2v) is 4.54. The number of carbonyl (C=O) groups excluding carboxylic acids is 1. The van der Waals surface area contributed by atoms with Crippen molar-refractivity contribution in [2.75, 3.05) is 6.54 Å². The molecular weight excluding hydrogens is 226 g/mol. The number of nitrogens with zero attached hydrogens (tertiary/aromatic N) is 3. The summed E-state index contributed by atoms with van der Waals surface area (Å²) in [7, 11) is 0. The first-order chi connectivity index (χ1) is 8.83. The molecule has 0 radical (unpaired) electrons. The number of hydrogen-bond donors (Lipinski definition) is 0. The van der Waals surface area contributed by atoms with Gasteiger partial charge in [-0.2, -0.15) is 5.10 Å². The van der Waals surface area contributed by atoms with Gasteiger partial charge in [0.1, 0.15) is 6.54 Å². The van der Waals surface area contributed by atoms with Crippen molar-refractivity contribution < 1.29 is 4.79 Å². The highest BCUT2D eigenvalue weighted by molar-refractivity contribution is 5.76. The molecule has 0 spiro atoms. The van der Waals surface area contributed by atoms with Crippen LogP contribution in [0.25, 0.3) is 0 Å². The van der Waals surface area contributed by atoms with Crippen molar-refractivity contribution in [1.82, 2.24) is 14.7 Å². The Morgan fingerprint density at radius 2 is 2.06 bits per heavy atom. The molecule has 2 aromatic rings. The van der Waals surface area contributed by atoms with Crippen LogP contribution in [0.2, 0.25) is 0 Å². The zero-order valence-electron chi connectivity index (χ0n) is 10.1. The lowest BCUT2D eigenvalue weighted by Crippen LogP contribution is -2.38. The lowest BCUT2D eigenvalue weighted by atomic mass is 10.00. The Hall–Kier alpha value is -2.10. The Bertz CT molecular complexity index is 548. The summed E-state index contributed by atoms with van der Waals surface area (Å²) in [6.45, 7) is 1.85. The van der Waals surface area contributed by atoms with Gasteiger partial charge in [0.25, 0.3) is 0 Å². The van der Waals surface area contributed by atoms with Crippen LogP contribution in [-0.4, -0.2) is 27.1 Å². The third kappa shape index (κ3) is 2.14. The molecule has 3 rings (SSSR count). The first-order valence-corrected chi connectivity index (χ1v) is 6.15. The second-order valence-electron chi connectivity index (χ2n) is 4.54. The highest BCUT2D eigenvalue weighted by Crippen LogP contribution is 2.18. The number of rotatable bonds is 2. The summed E-state index contributed by atoms with van der Waals surface area (Å²) < 4.78 is 1.67. The van der Waals surface area contributed by atoms with Crippen LogP contribution < -0.4 is 0 Å². The standard InChI is InChI=1S/C14H15N3O/c18-14(11-17-8-3-7-15-17)16-9-6-12-4-1-2-5-13(12)10-16/h1-5,7-8H,6,9-11H2.